The predicted octanol–water partition coefficient (Wildman–Crippen LogP) is 1.91. The first kappa shape index (κ1) is 13.5. The molecule has 1 heterocycles. The third-order valence-corrected chi connectivity index (χ3v) is 3.80. The Hall–Kier alpha value is -2.46. The molecule has 1 aliphatic rings. The number of amides is 2. The molecule has 3 rings (SSSR count). The maximum Gasteiger partial charge on any atom is 0.261 e. The molecule has 4 heteroatoms. The minimum absolute atomic E-state index is 0.196. The SMILES string of the molecule is NCC(c1ccccc1)N1C(=O)Cc2ccccc2C1=O. The van der Waals surface area contributed by atoms with Gasteiger partial charge in [-0.25, -0.2) is 0 Å². The van der Waals surface area contributed by atoms with Gasteiger partial charge in [0.15, 0.2) is 0 Å². The Morgan fingerprint density at radius 3 is 2.38 bits per heavy atom. The van der Waals surface area contributed by atoms with E-state index < -0.39 is 6.04 Å². The van der Waals surface area contributed by atoms with Gasteiger partial charge in [0, 0.05) is 12.1 Å². The van der Waals surface area contributed by atoms with Crippen LogP contribution in [0, 0.1) is 0 Å². The summed E-state index contributed by atoms with van der Waals surface area (Å²) in [5.41, 5.74) is 8.08. The van der Waals surface area contributed by atoms with E-state index in [1.165, 1.54) is 4.90 Å². The average Bonchev–Trinajstić information content (AvgIpc) is 2.52. The van der Waals surface area contributed by atoms with Crippen molar-refractivity contribution in [2.24, 2.45) is 5.73 Å². The normalized spacial score (nSPS) is 15.8. The van der Waals surface area contributed by atoms with E-state index in [-0.39, 0.29) is 24.8 Å². The van der Waals surface area contributed by atoms with Crippen LogP contribution in [0.4, 0.5) is 0 Å². The number of nitrogens with two attached hydrogens (primary N) is 1. The molecule has 2 N–H and O–H groups in total. The maximum atomic E-state index is 12.7. The number of carbonyl (C=O) groups is 2. The summed E-state index contributed by atoms with van der Waals surface area (Å²) < 4.78 is 0. The fourth-order valence-electron chi connectivity index (χ4n) is 2.76. The molecule has 1 atom stereocenters. The van der Waals surface area contributed by atoms with Crippen molar-refractivity contribution in [3.63, 3.8) is 0 Å². The standard InChI is InChI=1S/C17H16N2O2/c18-11-15(12-6-2-1-3-7-12)19-16(20)10-13-8-4-5-9-14(13)17(19)21/h1-9,15H,10-11,18H2. The van der Waals surface area contributed by atoms with Crippen molar-refractivity contribution in [1.82, 2.24) is 4.90 Å². The molecule has 0 spiro atoms. The third-order valence-electron chi connectivity index (χ3n) is 3.80. The van der Waals surface area contributed by atoms with E-state index in [0.717, 1.165) is 11.1 Å². The zero-order valence-corrected chi connectivity index (χ0v) is 11.5. The van der Waals surface area contributed by atoms with Crippen molar-refractivity contribution < 1.29 is 9.59 Å². The Kier molecular flexibility index (Phi) is 3.54. The number of nitrogens with zero attached hydrogens (tertiary/aromatic N) is 1. The van der Waals surface area contributed by atoms with Gasteiger partial charge in [-0.1, -0.05) is 48.5 Å². The molecule has 0 aromatic heterocycles. The molecular formula is C17H16N2O2. The van der Waals surface area contributed by atoms with Crippen LogP contribution in [0.1, 0.15) is 27.5 Å². The molecule has 2 aromatic carbocycles. The Morgan fingerprint density at radius 1 is 1.00 bits per heavy atom. The van der Waals surface area contributed by atoms with E-state index >= 15 is 0 Å². The maximum absolute atomic E-state index is 12.7. The van der Waals surface area contributed by atoms with Crippen molar-refractivity contribution >= 4 is 11.8 Å². The van der Waals surface area contributed by atoms with Crippen LogP contribution in [0.2, 0.25) is 0 Å². The number of rotatable bonds is 3. The molecule has 0 fully saturated rings. The topological polar surface area (TPSA) is 63.4 Å². The van der Waals surface area contributed by atoms with Crippen molar-refractivity contribution in [2.45, 2.75) is 12.5 Å². The van der Waals surface area contributed by atoms with Crippen molar-refractivity contribution in [1.29, 1.82) is 0 Å². The molecule has 21 heavy (non-hydrogen) atoms. The lowest BCUT2D eigenvalue weighted by Gasteiger charge is -2.33. The summed E-state index contributed by atoms with van der Waals surface area (Å²) in [4.78, 5) is 26.3. The monoisotopic (exact) mass is 280 g/mol. The number of hydrogen-bond donors (Lipinski definition) is 1. The van der Waals surface area contributed by atoms with E-state index in [2.05, 4.69) is 0 Å². The molecule has 0 aliphatic carbocycles. The highest BCUT2D eigenvalue weighted by molar-refractivity contribution is 6.10. The molecule has 1 aliphatic heterocycles. The van der Waals surface area contributed by atoms with Gasteiger partial charge in [-0.2, -0.15) is 0 Å². The Bertz CT molecular complexity index is 682. The zero-order valence-electron chi connectivity index (χ0n) is 11.5. The Morgan fingerprint density at radius 2 is 1.67 bits per heavy atom. The van der Waals surface area contributed by atoms with Gasteiger partial charge >= 0.3 is 0 Å². The van der Waals surface area contributed by atoms with Gasteiger partial charge in [0.25, 0.3) is 5.91 Å². The molecule has 1 unspecified atom stereocenters. The third kappa shape index (κ3) is 2.34. The van der Waals surface area contributed by atoms with Crippen LogP contribution in [-0.2, 0) is 11.2 Å². The van der Waals surface area contributed by atoms with Crippen LogP contribution in [0.15, 0.2) is 54.6 Å². The van der Waals surface area contributed by atoms with E-state index in [1.54, 1.807) is 6.07 Å². The van der Waals surface area contributed by atoms with Gasteiger partial charge < -0.3 is 5.73 Å². The highest BCUT2D eigenvalue weighted by Crippen LogP contribution is 2.28. The largest absolute Gasteiger partial charge is 0.328 e. The van der Waals surface area contributed by atoms with E-state index in [4.69, 9.17) is 5.73 Å². The summed E-state index contributed by atoms with van der Waals surface area (Å²) in [6.45, 7) is 0.212. The summed E-state index contributed by atoms with van der Waals surface area (Å²) in [6, 6.07) is 16.2. The van der Waals surface area contributed by atoms with Gasteiger partial charge in [-0.3, -0.25) is 14.5 Å². The molecule has 2 amide bonds. The van der Waals surface area contributed by atoms with E-state index in [9.17, 15) is 9.59 Å². The lowest BCUT2D eigenvalue weighted by Crippen LogP contribution is -2.46. The van der Waals surface area contributed by atoms with Crippen LogP contribution in [0.25, 0.3) is 0 Å². The molecule has 2 aromatic rings. The van der Waals surface area contributed by atoms with Crippen LogP contribution in [0.3, 0.4) is 0 Å². The van der Waals surface area contributed by atoms with Gasteiger partial charge in [0.2, 0.25) is 5.91 Å². The molecule has 0 radical (unpaired) electrons. The van der Waals surface area contributed by atoms with Crippen LogP contribution < -0.4 is 5.73 Å². The number of benzene rings is 2. The first-order chi connectivity index (χ1) is 10.2. The van der Waals surface area contributed by atoms with Gasteiger partial charge in [-0.15, -0.1) is 0 Å². The summed E-state index contributed by atoms with van der Waals surface area (Å²) in [7, 11) is 0. The average molecular weight is 280 g/mol. The fraction of sp³-hybridized carbons (Fsp3) is 0.176. The molecule has 106 valence electrons. The first-order valence-corrected chi connectivity index (χ1v) is 6.91. The molecule has 4 nitrogen and oxygen atoms in total. The number of carbonyl (C=O) groups excluding carboxylic acids is 2. The highest BCUT2D eigenvalue weighted by atomic mass is 16.2. The minimum Gasteiger partial charge on any atom is -0.328 e. The van der Waals surface area contributed by atoms with Crippen molar-refractivity contribution in [3.8, 4) is 0 Å². The zero-order chi connectivity index (χ0) is 14.8. The Balaban J connectivity index is 2.02. The molecular weight excluding hydrogens is 264 g/mol. The molecule has 0 bridgehead atoms. The van der Waals surface area contributed by atoms with Crippen molar-refractivity contribution in [2.75, 3.05) is 6.54 Å². The molecule has 0 saturated heterocycles. The van der Waals surface area contributed by atoms with Crippen LogP contribution >= 0.6 is 0 Å². The van der Waals surface area contributed by atoms with Crippen molar-refractivity contribution in [3.05, 3.63) is 71.3 Å². The van der Waals surface area contributed by atoms with E-state index in [0.29, 0.717) is 5.56 Å². The smallest absolute Gasteiger partial charge is 0.261 e. The summed E-state index contributed by atoms with van der Waals surface area (Å²) in [5, 5.41) is 0. The second kappa shape index (κ2) is 5.50. The van der Waals surface area contributed by atoms with Gasteiger partial charge in [0.05, 0.1) is 12.5 Å². The fourth-order valence-corrected chi connectivity index (χ4v) is 2.76. The molecule has 0 saturated carbocycles. The first-order valence-electron chi connectivity index (χ1n) is 6.91. The number of hydrogen-bond acceptors (Lipinski definition) is 3. The summed E-state index contributed by atoms with van der Waals surface area (Å²) in [5.74, 6) is -0.459. The highest BCUT2D eigenvalue weighted by Gasteiger charge is 2.35. The van der Waals surface area contributed by atoms with Crippen LogP contribution in [0.5, 0.6) is 0 Å². The lowest BCUT2D eigenvalue weighted by atomic mass is 9.95. The summed E-state index contributed by atoms with van der Waals surface area (Å²) in [6.07, 6.45) is 0.241. The summed E-state index contributed by atoms with van der Waals surface area (Å²) >= 11 is 0. The van der Waals surface area contributed by atoms with Crippen LogP contribution in [-0.4, -0.2) is 23.3 Å². The van der Waals surface area contributed by atoms with Gasteiger partial charge in [-0.05, 0) is 17.2 Å². The second-order valence-electron chi connectivity index (χ2n) is 5.07. The second-order valence-corrected chi connectivity index (χ2v) is 5.07. The lowest BCUT2D eigenvalue weighted by molar-refractivity contribution is -0.130. The minimum atomic E-state index is -0.417. The van der Waals surface area contributed by atoms with E-state index in [1.807, 2.05) is 48.5 Å². The van der Waals surface area contributed by atoms with Gasteiger partial charge in [0.1, 0.15) is 0 Å². The number of fused-ring (bicyclic) bond motifs is 1. The Labute approximate surface area is 123 Å². The quantitative estimate of drug-likeness (QED) is 0.874. The predicted molar refractivity (Wildman–Crippen MR) is 79.6 cm³/mol. The number of imide groups is 1.